The Hall–Kier alpha value is -1.63. The third-order valence-corrected chi connectivity index (χ3v) is 4.89. The molecule has 21 heavy (non-hydrogen) atoms. The lowest BCUT2D eigenvalue weighted by Crippen LogP contribution is -2.08. The number of hydrogen-bond acceptors (Lipinski definition) is 0. The molecule has 3 rings (SSSR count). The lowest BCUT2D eigenvalue weighted by atomic mass is 9.84. The van der Waals surface area contributed by atoms with Crippen LogP contribution in [0.25, 0.3) is 0 Å². The Bertz CT molecular complexity index is 629. The molecule has 0 amide bonds. The standard InChI is InChI=1S/C20H23F/c1-3-14(2)10-18-12-17-13-19(21)9-8-15(17)11-16-6-4-5-7-20(16)18/h4-9,13-14,18H,3,10-12H2,1-2H3. The third-order valence-electron chi connectivity index (χ3n) is 4.89. The van der Waals surface area contributed by atoms with Crippen molar-refractivity contribution in [3.63, 3.8) is 0 Å². The molecule has 0 aliphatic heterocycles. The van der Waals surface area contributed by atoms with Crippen LogP contribution < -0.4 is 0 Å². The first-order valence-corrected chi connectivity index (χ1v) is 8.02. The van der Waals surface area contributed by atoms with Crippen molar-refractivity contribution in [3.8, 4) is 0 Å². The number of rotatable bonds is 3. The molecule has 0 fully saturated rings. The Kier molecular flexibility index (Phi) is 4.10. The Balaban J connectivity index is 2.03. The largest absolute Gasteiger partial charge is 0.207 e. The fourth-order valence-corrected chi connectivity index (χ4v) is 3.49. The van der Waals surface area contributed by atoms with Crippen LogP contribution in [0.15, 0.2) is 42.5 Å². The lowest BCUT2D eigenvalue weighted by molar-refractivity contribution is 0.452. The fraction of sp³-hybridized carbons (Fsp3) is 0.400. The second-order valence-corrected chi connectivity index (χ2v) is 6.44. The summed E-state index contributed by atoms with van der Waals surface area (Å²) in [7, 11) is 0. The van der Waals surface area contributed by atoms with E-state index in [0.29, 0.717) is 11.8 Å². The van der Waals surface area contributed by atoms with Crippen molar-refractivity contribution in [2.45, 2.75) is 45.4 Å². The van der Waals surface area contributed by atoms with Crippen molar-refractivity contribution in [2.75, 3.05) is 0 Å². The van der Waals surface area contributed by atoms with Gasteiger partial charge in [-0.3, -0.25) is 0 Å². The summed E-state index contributed by atoms with van der Waals surface area (Å²) < 4.78 is 13.6. The van der Waals surface area contributed by atoms with Gasteiger partial charge in [-0.15, -0.1) is 0 Å². The van der Waals surface area contributed by atoms with Crippen LogP contribution in [0.3, 0.4) is 0 Å². The monoisotopic (exact) mass is 282 g/mol. The first kappa shape index (κ1) is 14.3. The Morgan fingerprint density at radius 3 is 2.71 bits per heavy atom. The maximum atomic E-state index is 13.6. The van der Waals surface area contributed by atoms with Gasteiger partial charge >= 0.3 is 0 Å². The van der Waals surface area contributed by atoms with Gasteiger partial charge < -0.3 is 0 Å². The summed E-state index contributed by atoms with van der Waals surface area (Å²) in [5, 5.41) is 0. The number of halogens is 1. The Labute approximate surface area is 127 Å². The van der Waals surface area contributed by atoms with E-state index in [2.05, 4.69) is 38.1 Å². The zero-order chi connectivity index (χ0) is 14.8. The molecule has 0 heterocycles. The van der Waals surface area contributed by atoms with Crippen molar-refractivity contribution >= 4 is 0 Å². The molecule has 1 heteroatoms. The number of benzene rings is 2. The molecule has 2 aromatic rings. The molecule has 1 aliphatic rings. The van der Waals surface area contributed by atoms with E-state index in [-0.39, 0.29) is 5.82 Å². The van der Waals surface area contributed by atoms with Gasteiger partial charge in [-0.2, -0.15) is 0 Å². The van der Waals surface area contributed by atoms with E-state index in [0.717, 1.165) is 12.8 Å². The first-order valence-electron chi connectivity index (χ1n) is 8.02. The van der Waals surface area contributed by atoms with E-state index in [1.165, 1.54) is 35.1 Å². The van der Waals surface area contributed by atoms with Gasteiger partial charge in [-0.1, -0.05) is 50.6 Å². The summed E-state index contributed by atoms with van der Waals surface area (Å²) in [6.07, 6.45) is 4.29. The summed E-state index contributed by atoms with van der Waals surface area (Å²) in [5.41, 5.74) is 5.36. The van der Waals surface area contributed by atoms with Crippen LogP contribution in [0, 0.1) is 11.7 Å². The smallest absolute Gasteiger partial charge is 0.123 e. The topological polar surface area (TPSA) is 0 Å². The molecule has 2 atom stereocenters. The Morgan fingerprint density at radius 1 is 1.10 bits per heavy atom. The van der Waals surface area contributed by atoms with Gasteiger partial charge in [-0.25, -0.2) is 4.39 Å². The highest BCUT2D eigenvalue weighted by Crippen LogP contribution is 2.36. The highest BCUT2D eigenvalue weighted by Gasteiger charge is 2.23. The number of hydrogen-bond donors (Lipinski definition) is 0. The molecule has 1 aliphatic carbocycles. The molecular formula is C20H23F. The minimum atomic E-state index is -0.109. The highest BCUT2D eigenvalue weighted by molar-refractivity contribution is 5.42. The van der Waals surface area contributed by atoms with Gasteiger partial charge in [0.15, 0.2) is 0 Å². The molecule has 0 aromatic heterocycles. The zero-order valence-corrected chi connectivity index (χ0v) is 12.9. The average molecular weight is 282 g/mol. The molecule has 0 N–H and O–H groups in total. The Morgan fingerprint density at radius 2 is 1.90 bits per heavy atom. The predicted octanol–water partition coefficient (Wildman–Crippen LogP) is 5.49. The fourth-order valence-electron chi connectivity index (χ4n) is 3.49. The van der Waals surface area contributed by atoms with Gasteiger partial charge in [0.1, 0.15) is 5.82 Å². The average Bonchev–Trinajstić information content (AvgIpc) is 2.63. The minimum absolute atomic E-state index is 0.109. The van der Waals surface area contributed by atoms with Gasteiger partial charge in [0.25, 0.3) is 0 Å². The van der Waals surface area contributed by atoms with E-state index in [9.17, 15) is 4.39 Å². The molecule has 0 nitrogen and oxygen atoms in total. The first-order chi connectivity index (χ1) is 10.2. The lowest BCUT2D eigenvalue weighted by Gasteiger charge is -2.21. The van der Waals surface area contributed by atoms with Crippen LogP contribution in [0.5, 0.6) is 0 Å². The van der Waals surface area contributed by atoms with Gasteiger partial charge in [0, 0.05) is 0 Å². The van der Waals surface area contributed by atoms with Gasteiger partial charge in [0.05, 0.1) is 0 Å². The predicted molar refractivity (Wildman–Crippen MR) is 86.2 cm³/mol. The van der Waals surface area contributed by atoms with Gasteiger partial charge in [0.2, 0.25) is 0 Å². The maximum Gasteiger partial charge on any atom is 0.123 e. The van der Waals surface area contributed by atoms with Crippen molar-refractivity contribution in [2.24, 2.45) is 5.92 Å². The van der Waals surface area contributed by atoms with E-state index in [1.54, 1.807) is 12.1 Å². The molecule has 110 valence electrons. The second kappa shape index (κ2) is 6.01. The number of fused-ring (bicyclic) bond motifs is 2. The van der Waals surface area contributed by atoms with Crippen molar-refractivity contribution in [3.05, 3.63) is 70.5 Å². The molecular weight excluding hydrogens is 259 g/mol. The molecule has 2 unspecified atom stereocenters. The van der Waals surface area contributed by atoms with Crippen LogP contribution >= 0.6 is 0 Å². The summed E-state index contributed by atoms with van der Waals surface area (Å²) >= 11 is 0. The molecule has 0 spiro atoms. The van der Waals surface area contributed by atoms with Crippen LogP contribution in [0.1, 0.15) is 54.9 Å². The van der Waals surface area contributed by atoms with E-state index in [1.807, 2.05) is 6.07 Å². The summed E-state index contributed by atoms with van der Waals surface area (Å²) in [6.45, 7) is 4.57. The minimum Gasteiger partial charge on any atom is -0.207 e. The van der Waals surface area contributed by atoms with Crippen LogP contribution in [0.4, 0.5) is 4.39 Å². The quantitative estimate of drug-likeness (QED) is 0.698. The molecule has 2 aromatic carbocycles. The van der Waals surface area contributed by atoms with Crippen molar-refractivity contribution in [1.82, 2.24) is 0 Å². The van der Waals surface area contributed by atoms with Crippen LogP contribution in [-0.2, 0) is 12.8 Å². The normalized spacial score (nSPS) is 18.5. The molecule has 0 saturated carbocycles. The van der Waals surface area contributed by atoms with Gasteiger partial charge in [-0.05, 0) is 65.5 Å². The van der Waals surface area contributed by atoms with Crippen molar-refractivity contribution < 1.29 is 4.39 Å². The highest BCUT2D eigenvalue weighted by atomic mass is 19.1. The molecule has 0 radical (unpaired) electrons. The van der Waals surface area contributed by atoms with Crippen LogP contribution in [-0.4, -0.2) is 0 Å². The molecule has 0 bridgehead atoms. The molecule has 0 saturated heterocycles. The summed E-state index contributed by atoms with van der Waals surface area (Å²) in [5.74, 6) is 1.11. The SMILES string of the molecule is CCC(C)CC1Cc2cc(F)ccc2Cc2ccccc21. The summed E-state index contributed by atoms with van der Waals surface area (Å²) in [6, 6.07) is 14.1. The van der Waals surface area contributed by atoms with E-state index in [4.69, 9.17) is 0 Å². The summed E-state index contributed by atoms with van der Waals surface area (Å²) in [4.78, 5) is 0. The van der Waals surface area contributed by atoms with Crippen LogP contribution in [0.2, 0.25) is 0 Å². The maximum absolute atomic E-state index is 13.6. The second-order valence-electron chi connectivity index (χ2n) is 6.44. The van der Waals surface area contributed by atoms with Crippen molar-refractivity contribution in [1.29, 1.82) is 0 Å². The van der Waals surface area contributed by atoms with E-state index < -0.39 is 0 Å². The zero-order valence-electron chi connectivity index (χ0n) is 12.9. The third kappa shape index (κ3) is 3.02. The van der Waals surface area contributed by atoms with E-state index >= 15 is 0 Å².